The highest BCUT2D eigenvalue weighted by atomic mass is 32.2. The SMILES string of the molecule is Cc1cccc2sc(N3CCN(C(=O)c4ccc(S(=O)(=O)N(C)C5CCCC5)cc4)CC3)nc12. The highest BCUT2D eigenvalue weighted by Crippen LogP contribution is 2.31. The second-order valence-corrected chi connectivity index (χ2v) is 12.2. The van der Waals surface area contributed by atoms with Crippen LogP contribution in [0.1, 0.15) is 41.6 Å². The van der Waals surface area contributed by atoms with Crippen LogP contribution in [-0.4, -0.2) is 67.8 Å². The Labute approximate surface area is 205 Å². The first-order valence-electron chi connectivity index (χ1n) is 11.8. The van der Waals surface area contributed by atoms with Gasteiger partial charge in [0.1, 0.15) is 0 Å². The topological polar surface area (TPSA) is 73.8 Å². The summed E-state index contributed by atoms with van der Waals surface area (Å²) in [6, 6.07) is 12.7. The van der Waals surface area contributed by atoms with Gasteiger partial charge in [-0.25, -0.2) is 13.4 Å². The van der Waals surface area contributed by atoms with Crippen molar-refractivity contribution in [3.63, 3.8) is 0 Å². The number of aromatic nitrogens is 1. The average Bonchev–Trinajstić information content (AvgIpc) is 3.54. The first kappa shape index (κ1) is 23.3. The zero-order valence-electron chi connectivity index (χ0n) is 19.6. The molecule has 3 aromatic rings. The van der Waals surface area contributed by atoms with Crippen LogP contribution in [0.3, 0.4) is 0 Å². The average molecular weight is 499 g/mol. The Kier molecular flexibility index (Phi) is 6.35. The number of anilines is 1. The molecule has 1 saturated heterocycles. The first-order chi connectivity index (χ1) is 16.3. The number of hydrogen-bond acceptors (Lipinski definition) is 6. The summed E-state index contributed by atoms with van der Waals surface area (Å²) >= 11 is 1.69. The van der Waals surface area contributed by atoms with E-state index in [4.69, 9.17) is 4.98 Å². The third kappa shape index (κ3) is 4.32. The van der Waals surface area contributed by atoms with Crippen LogP contribution in [0.4, 0.5) is 5.13 Å². The van der Waals surface area contributed by atoms with Crippen LogP contribution in [0.2, 0.25) is 0 Å². The summed E-state index contributed by atoms with van der Waals surface area (Å²) in [6.45, 7) is 4.74. The van der Waals surface area contributed by atoms with Crippen LogP contribution in [0.15, 0.2) is 47.4 Å². The molecule has 0 atom stereocenters. The van der Waals surface area contributed by atoms with E-state index in [0.717, 1.165) is 49.4 Å². The third-order valence-corrected chi connectivity index (χ3v) is 10.1. The summed E-state index contributed by atoms with van der Waals surface area (Å²) in [6.07, 6.45) is 3.97. The van der Waals surface area contributed by atoms with E-state index < -0.39 is 10.0 Å². The Morgan fingerprint density at radius 1 is 1.03 bits per heavy atom. The van der Waals surface area contributed by atoms with E-state index in [1.54, 1.807) is 42.6 Å². The molecule has 1 saturated carbocycles. The number of carbonyl (C=O) groups is 1. The normalized spacial score (nSPS) is 17.7. The Morgan fingerprint density at radius 2 is 1.71 bits per heavy atom. The number of carbonyl (C=O) groups excluding carboxylic acids is 1. The van der Waals surface area contributed by atoms with Crippen molar-refractivity contribution < 1.29 is 13.2 Å². The van der Waals surface area contributed by atoms with E-state index >= 15 is 0 Å². The van der Waals surface area contributed by atoms with Gasteiger partial charge in [-0.3, -0.25) is 4.79 Å². The van der Waals surface area contributed by atoms with Crippen molar-refractivity contribution in [3.8, 4) is 0 Å². The molecule has 1 aliphatic carbocycles. The van der Waals surface area contributed by atoms with Crippen molar-refractivity contribution >= 4 is 42.6 Å². The van der Waals surface area contributed by atoms with Crippen molar-refractivity contribution in [2.75, 3.05) is 38.1 Å². The molecule has 0 bridgehead atoms. The van der Waals surface area contributed by atoms with Gasteiger partial charge >= 0.3 is 0 Å². The number of hydrogen-bond donors (Lipinski definition) is 0. The number of fused-ring (bicyclic) bond motifs is 1. The van der Waals surface area contributed by atoms with Gasteiger partial charge < -0.3 is 9.80 Å². The van der Waals surface area contributed by atoms with Crippen molar-refractivity contribution in [2.45, 2.75) is 43.5 Å². The minimum Gasteiger partial charge on any atom is -0.345 e. The zero-order chi connectivity index (χ0) is 23.9. The van der Waals surface area contributed by atoms with Crippen LogP contribution >= 0.6 is 11.3 Å². The highest BCUT2D eigenvalue weighted by molar-refractivity contribution is 7.89. The van der Waals surface area contributed by atoms with Gasteiger partial charge in [-0.1, -0.05) is 36.3 Å². The minimum absolute atomic E-state index is 0.0621. The van der Waals surface area contributed by atoms with Crippen LogP contribution in [-0.2, 0) is 10.0 Å². The lowest BCUT2D eigenvalue weighted by Crippen LogP contribution is -2.48. The van der Waals surface area contributed by atoms with Crippen LogP contribution in [0.5, 0.6) is 0 Å². The highest BCUT2D eigenvalue weighted by Gasteiger charge is 2.30. The van der Waals surface area contributed by atoms with Gasteiger partial charge in [-0.15, -0.1) is 0 Å². The van der Waals surface area contributed by atoms with Crippen LogP contribution < -0.4 is 4.90 Å². The third-order valence-electron chi connectivity index (χ3n) is 7.06. The molecule has 2 aliphatic rings. The van der Waals surface area contributed by atoms with Crippen molar-refractivity contribution in [2.24, 2.45) is 0 Å². The van der Waals surface area contributed by atoms with Gasteiger partial charge in [0.25, 0.3) is 5.91 Å². The molecule has 0 radical (unpaired) electrons. The second kappa shape index (κ2) is 9.28. The number of nitrogens with zero attached hydrogens (tertiary/aromatic N) is 4. The molecule has 1 aromatic heterocycles. The molecule has 2 fully saturated rings. The van der Waals surface area contributed by atoms with Gasteiger partial charge in [0.15, 0.2) is 5.13 Å². The van der Waals surface area contributed by atoms with E-state index in [1.165, 1.54) is 14.6 Å². The second-order valence-electron chi connectivity index (χ2n) is 9.18. The summed E-state index contributed by atoms with van der Waals surface area (Å²) in [5.74, 6) is -0.0621. The van der Waals surface area contributed by atoms with Gasteiger partial charge in [0.2, 0.25) is 10.0 Å². The molecular weight excluding hydrogens is 468 g/mol. The fourth-order valence-electron chi connectivity index (χ4n) is 4.89. The van der Waals surface area contributed by atoms with Crippen LogP contribution in [0.25, 0.3) is 10.2 Å². The van der Waals surface area contributed by atoms with E-state index in [1.807, 2.05) is 4.90 Å². The molecule has 180 valence electrons. The smallest absolute Gasteiger partial charge is 0.253 e. The fourth-order valence-corrected chi connectivity index (χ4v) is 7.40. The summed E-state index contributed by atoms with van der Waals surface area (Å²) in [5.41, 5.74) is 2.75. The number of para-hydroxylation sites is 1. The van der Waals surface area contributed by atoms with Crippen molar-refractivity contribution in [1.82, 2.24) is 14.2 Å². The lowest BCUT2D eigenvalue weighted by atomic mass is 10.2. The standard InChI is InChI=1S/C25H30N4O3S2/c1-18-6-5-9-22-23(18)26-25(33-22)29-16-14-28(15-17-29)24(30)19-10-12-21(13-11-19)34(31,32)27(2)20-7-3-4-8-20/h5-6,9-13,20H,3-4,7-8,14-17H2,1-2H3. The molecule has 2 aromatic carbocycles. The van der Waals surface area contributed by atoms with E-state index in [9.17, 15) is 13.2 Å². The Balaban J connectivity index is 1.23. The Hall–Kier alpha value is -2.49. The van der Waals surface area contributed by atoms with Crippen molar-refractivity contribution in [1.29, 1.82) is 0 Å². The number of sulfonamides is 1. The number of aryl methyl sites for hydroxylation is 1. The molecule has 7 nitrogen and oxygen atoms in total. The molecule has 5 rings (SSSR count). The molecule has 1 aliphatic heterocycles. The number of rotatable bonds is 5. The quantitative estimate of drug-likeness (QED) is 0.529. The summed E-state index contributed by atoms with van der Waals surface area (Å²) in [5, 5.41) is 0.998. The fraction of sp³-hybridized carbons (Fsp3) is 0.440. The molecule has 34 heavy (non-hydrogen) atoms. The molecule has 1 amide bonds. The summed E-state index contributed by atoms with van der Waals surface area (Å²) in [4.78, 5) is 22.2. The molecule has 0 spiro atoms. The molecule has 0 unspecified atom stereocenters. The molecule has 9 heteroatoms. The maximum absolute atomic E-state index is 13.1. The predicted octanol–water partition coefficient (Wildman–Crippen LogP) is 4.13. The maximum Gasteiger partial charge on any atom is 0.253 e. The Morgan fingerprint density at radius 3 is 2.35 bits per heavy atom. The minimum atomic E-state index is -3.55. The van der Waals surface area contributed by atoms with Gasteiger partial charge in [-0.05, 0) is 55.7 Å². The van der Waals surface area contributed by atoms with E-state index in [0.29, 0.717) is 18.7 Å². The largest absolute Gasteiger partial charge is 0.345 e. The monoisotopic (exact) mass is 498 g/mol. The summed E-state index contributed by atoms with van der Waals surface area (Å²) in [7, 11) is -1.88. The van der Waals surface area contributed by atoms with Gasteiger partial charge in [-0.2, -0.15) is 4.31 Å². The van der Waals surface area contributed by atoms with Crippen molar-refractivity contribution in [3.05, 3.63) is 53.6 Å². The molecule has 2 heterocycles. The summed E-state index contributed by atoms with van der Waals surface area (Å²) < 4.78 is 28.6. The van der Waals surface area contributed by atoms with E-state index in [-0.39, 0.29) is 16.8 Å². The molecular formula is C25H30N4O3S2. The lowest BCUT2D eigenvalue weighted by molar-refractivity contribution is 0.0746. The van der Waals surface area contributed by atoms with E-state index in [2.05, 4.69) is 30.0 Å². The number of amides is 1. The number of piperazine rings is 1. The predicted molar refractivity (Wildman–Crippen MR) is 136 cm³/mol. The van der Waals surface area contributed by atoms with Gasteiger partial charge in [0.05, 0.1) is 15.1 Å². The Bertz CT molecular complexity index is 1290. The zero-order valence-corrected chi connectivity index (χ0v) is 21.2. The maximum atomic E-state index is 13.1. The lowest BCUT2D eigenvalue weighted by Gasteiger charge is -2.34. The number of benzene rings is 2. The number of thiazole rings is 1. The van der Waals surface area contributed by atoms with Crippen LogP contribution in [0, 0.1) is 6.92 Å². The first-order valence-corrected chi connectivity index (χ1v) is 14.1. The van der Waals surface area contributed by atoms with Gasteiger partial charge in [0, 0.05) is 44.8 Å². The molecule has 0 N–H and O–H groups in total.